The Morgan fingerprint density at radius 3 is 2.31 bits per heavy atom. The second-order valence-electron chi connectivity index (χ2n) is 8.74. The summed E-state index contributed by atoms with van der Waals surface area (Å²) in [7, 11) is 0. The van der Waals surface area contributed by atoms with E-state index in [-0.39, 0.29) is 6.10 Å². The summed E-state index contributed by atoms with van der Waals surface area (Å²) in [4.78, 5) is 13.7. The number of hydrogen-bond donors (Lipinski definition) is 2. The molecule has 2 aromatic rings. The molecule has 6 nitrogen and oxygen atoms in total. The van der Waals surface area contributed by atoms with Gasteiger partial charge in [0.25, 0.3) is 0 Å². The van der Waals surface area contributed by atoms with E-state index < -0.39 is 0 Å². The van der Waals surface area contributed by atoms with Gasteiger partial charge in [0.05, 0.1) is 6.10 Å². The van der Waals surface area contributed by atoms with Crippen LogP contribution < -0.4 is 10.2 Å². The first-order valence-corrected chi connectivity index (χ1v) is 10.9. The van der Waals surface area contributed by atoms with Gasteiger partial charge < -0.3 is 15.3 Å². The fourth-order valence-electron chi connectivity index (χ4n) is 4.20. The first kappa shape index (κ1) is 20.1. The topological polar surface area (TPSA) is 64.5 Å². The maximum absolute atomic E-state index is 9.68. The lowest BCUT2D eigenvalue weighted by Gasteiger charge is -2.34. The molecule has 2 aliphatic rings. The van der Waals surface area contributed by atoms with Gasteiger partial charge in [0, 0.05) is 56.8 Å². The van der Waals surface area contributed by atoms with Gasteiger partial charge in [-0.15, -0.1) is 0 Å². The molecule has 2 N–H and O–H groups in total. The fourth-order valence-corrected chi connectivity index (χ4v) is 4.20. The molecule has 2 saturated heterocycles. The van der Waals surface area contributed by atoms with Gasteiger partial charge in [-0.05, 0) is 48.4 Å². The van der Waals surface area contributed by atoms with E-state index in [1.807, 2.05) is 12.4 Å². The molecule has 0 aliphatic carbocycles. The highest BCUT2D eigenvalue weighted by atomic mass is 16.3. The third kappa shape index (κ3) is 5.25. The van der Waals surface area contributed by atoms with Crippen molar-refractivity contribution in [2.75, 3.05) is 36.4 Å². The third-order valence-corrected chi connectivity index (χ3v) is 6.12. The first-order valence-electron chi connectivity index (χ1n) is 10.9. The Kier molecular flexibility index (Phi) is 6.31. The van der Waals surface area contributed by atoms with Crippen LogP contribution in [-0.4, -0.2) is 58.3 Å². The van der Waals surface area contributed by atoms with Crippen LogP contribution in [-0.2, 0) is 6.54 Å². The van der Waals surface area contributed by atoms with Crippen LogP contribution in [0.15, 0.2) is 36.7 Å². The van der Waals surface area contributed by atoms with E-state index in [9.17, 15) is 5.11 Å². The average molecular weight is 396 g/mol. The summed E-state index contributed by atoms with van der Waals surface area (Å²) in [5.74, 6) is 1.20. The maximum atomic E-state index is 9.68. The lowest BCUT2D eigenvalue weighted by Crippen LogP contribution is -2.39. The van der Waals surface area contributed by atoms with Gasteiger partial charge in [-0.2, -0.15) is 0 Å². The van der Waals surface area contributed by atoms with Crippen molar-refractivity contribution in [1.29, 1.82) is 0 Å². The van der Waals surface area contributed by atoms with E-state index in [1.54, 1.807) is 0 Å². The molecule has 29 heavy (non-hydrogen) atoms. The van der Waals surface area contributed by atoms with Crippen molar-refractivity contribution in [1.82, 2.24) is 14.9 Å². The van der Waals surface area contributed by atoms with E-state index in [0.29, 0.717) is 12.0 Å². The lowest BCUT2D eigenvalue weighted by molar-refractivity contribution is 0.175. The normalized spacial score (nSPS) is 21.1. The van der Waals surface area contributed by atoms with Crippen molar-refractivity contribution in [3.8, 4) is 0 Å². The van der Waals surface area contributed by atoms with Gasteiger partial charge in [0.1, 0.15) is 0 Å². The van der Waals surface area contributed by atoms with Crippen molar-refractivity contribution < 1.29 is 5.11 Å². The van der Waals surface area contributed by atoms with Gasteiger partial charge in [-0.1, -0.05) is 26.0 Å². The SMILES string of the molecule is CC(C)c1cnc(NC2CCN(c3ccc(CN4CCC(O)C4)cc3)CC2)nc1. The molecule has 2 aliphatic heterocycles. The molecular weight excluding hydrogens is 362 g/mol. The number of β-amino-alcohol motifs (C(OH)–C–C–N with tert-alkyl or cyclic N) is 1. The number of likely N-dealkylation sites (tertiary alicyclic amines) is 1. The molecule has 0 radical (unpaired) electrons. The molecule has 2 fully saturated rings. The van der Waals surface area contributed by atoms with Crippen molar-refractivity contribution in [2.45, 2.75) is 57.7 Å². The van der Waals surface area contributed by atoms with Crippen LogP contribution in [0.25, 0.3) is 0 Å². The van der Waals surface area contributed by atoms with Crippen molar-refractivity contribution in [3.05, 3.63) is 47.8 Å². The van der Waals surface area contributed by atoms with E-state index in [1.165, 1.54) is 16.8 Å². The Morgan fingerprint density at radius 1 is 1.03 bits per heavy atom. The molecule has 0 amide bonds. The standard InChI is InChI=1S/C23H33N5O/c1-17(2)19-13-24-23(25-14-19)26-20-7-11-28(12-8-20)21-5-3-18(4-6-21)15-27-10-9-22(29)16-27/h3-6,13-14,17,20,22,29H,7-12,15-16H2,1-2H3,(H,24,25,26). The van der Waals surface area contributed by atoms with E-state index in [2.05, 4.69) is 63.2 Å². The van der Waals surface area contributed by atoms with Crippen molar-refractivity contribution in [3.63, 3.8) is 0 Å². The van der Waals surface area contributed by atoms with Crippen LogP contribution in [0.4, 0.5) is 11.6 Å². The predicted molar refractivity (Wildman–Crippen MR) is 117 cm³/mol. The van der Waals surface area contributed by atoms with E-state index in [0.717, 1.165) is 57.9 Å². The fraction of sp³-hybridized carbons (Fsp3) is 0.565. The molecule has 1 aromatic heterocycles. The number of piperidine rings is 1. The molecule has 0 saturated carbocycles. The molecule has 1 atom stereocenters. The second kappa shape index (κ2) is 9.09. The molecule has 3 heterocycles. The van der Waals surface area contributed by atoms with Crippen molar-refractivity contribution in [2.24, 2.45) is 0 Å². The smallest absolute Gasteiger partial charge is 0.222 e. The number of aliphatic hydroxyl groups excluding tert-OH is 1. The summed E-state index contributed by atoms with van der Waals surface area (Å²) in [5, 5.41) is 13.2. The van der Waals surface area contributed by atoms with Gasteiger partial charge in [0.2, 0.25) is 5.95 Å². The Balaban J connectivity index is 1.25. The van der Waals surface area contributed by atoms with Gasteiger partial charge in [-0.25, -0.2) is 9.97 Å². The summed E-state index contributed by atoms with van der Waals surface area (Å²) in [6.45, 7) is 9.12. The number of nitrogens with zero attached hydrogens (tertiary/aromatic N) is 4. The zero-order valence-electron chi connectivity index (χ0n) is 17.6. The minimum Gasteiger partial charge on any atom is -0.392 e. The number of benzene rings is 1. The van der Waals surface area contributed by atoms with Crippen LogP contribution in [0, 0.1) is 0 Å². The molecule has 6 heteroatoms. The third-order valence-electron chi connectivity index (χ3n) is 6.12. The maximum Gasteiger partial charge on any atom is 0.222 e. The van der Waals surface area contributed by atoms with Crippen molar-refractivity contribution >= 4 is 11.6 Å². The Bertz CT molecular complexity index is 769. The summed E-state index contributed by atoms with van der Waals surface area (Å²) >= 11 is 0. The zero-order chi connectivity index (χ0) is 20.2. The van der Waals surface area contributed by atoms with Crippen LogP contribution in [0.5, 0.6) is 0 Å². The van der Waals surface area contributed by atoms with E-state index >= 15 is 0 Å². The molecule has 156 valence electrons. The zero-order valence-corrected chi connectivity index (χ0v) is 17.6. The monoisotopic (exact) mass is 395 g/mol. The van der Waals surface area contributed by atoms with Gasteiger partial charge in [0.15, 0.2) is 0 Å². The van der Waals surface area contributed by atoms with Gasteiger partial charge in [-0.3, -0.25) is 4.90 Å². The average Bonchev–Trinajstić information content (AvgIpc) is 3.14. The minimum absolute atomic E-state index is 0.150. The predicted octanol–water partition coefficient (Wildman–Crippen LogP) is 3.25. The minimum atomic E-state index is -0.150. The number of rotatable bonds is 6. The molecular formula is C23H33N5O. The number of nitrogens with one attached hydrogen (secondary N) is 1. The van der Waals surface area contributed by atoms with Crippen LogP contribution in [0.2, 0.25) is 0 Å². The molecule has 4 rings (SSSR count). The first-order chi connectivity index (χ1) is 14.1. The summed E-state index contributed by atoms with van der Waals surface area (Å²) in [5.41, 5.74) is 3.79. The highest BCUT2D eigenvalue weighted by Crippen LogP contribution is 2.23. The van der Waals surface area contributed by atoms with Crippen LogP contribution >= 0.6 is 0 Å². The lowest BCUT2D eigenvalue weighted by atomic mass is 10.0. The number of aliphatic hydroxyl groups is 1. The van der Waals surface area contributed by atoms with Crippen LogP contribution in [0.3, 0.4) is 0 Å². The largest absolute Gasteiger partial charge is 0.392 e. The van der Waals surface area contributed by atoms with Gasteiger partial charge >= 0.3 is 0 Å². The number of aromatic nitrogens is 2. The summed E-state index contributed by atoms with van der Waals surface area (Å²) in [6, 6.07) is 9.37. The molecule has 0 bridgehead atoms. The molecule has 0 spiro atoms. The Hall–Kier alpha value is -2.18. The van der Waals surface area contributed by atoms with E-state index in [4.69, 9.17) is 0 Å². The number of anilines is 2. The molecule has 1 unspecified atom stereocenters. The summed E-state index contributed by atoms with van der Waals surface area (Å²) in [6.07, 6.45) is 6.78. The quantitative estimate of drug-likeness (QED) is 0.783. The number of hydrogen-bond acceptors (Lipinski definition) is 6. The molecule has 1 aromatic carbocycles. The highest BCUT2D eigenvalue weighted by Gasteiger charge is 2.21. The Morgan fingerprint density at radius 2 is 1.72 bits per heavy atom. The summed E-state index contributed by atoms with van der Waals surface area (Å²) < 4.78 is 0. The Labute approximate surface area is 174 Å². The van der Waals surface area contributed by atoms with Crippen LogP contribution in [0.1, 0.15) is 50.2 Å². The highest BCUT2D eigenvalue weighted by molar-refractivity contribution is 5.48. The second-order valence-corrected chi connectivity index (χ2v) is 8.74.